The van der Waals surface area contributed by atoms with Gasteiger partial charge in [-0.25, -0.2) is 15.0 Å². The van der Waals surface area contributed by atoms with Crippen LogP contribution in [0.3, 0.4) is 0 Å². The van der Waals surface area contributed by atoms with Crippen LogP contribution in [-0.4, -0.2) is 43.6 Å². The summed E-state index contributed by atoms with van der Waals surface area (Å²) in [4.78, 5) is 25.9. The first-order chi connectivity index (χ1) is 19.4. The normalized spacial score (nSPS) is 24.6. The van der Waals surface area contributed by atoms with Crippen LogP contribution in [0.15, 0.2) is 61.1 Å². The molecule has 10 heteroatoms. The zero-order valence-electron chi connectivity index (χ0n) is 21.6. The number of fused-ring (bicyclic) bond motifs is 4. The standard InChI is InChI=1S/C30H26F2N4O4/c1-2-39-29(38)25-19-9-16(10-20(19)25)28-33-12-17(13-34-28)15-7-8-24-35-26-22(37)11-21(27(26)36(24)14-15)18-5-3-4-6-23(18)40-30(31)32/h3-9,12-14,19-22,25,30,37H,2,10-11H2,1H3/t19-,20+,21-,22-,25+/m1/s1. The molecule has 3 heterocycles. The van der Waals surface area contributed by atoms with E-state index in [0.717, 1.165) is 28.8 Å². The number of imidazole rings is 1. The fourth-order valence-electron chi connectivity index (χ4n) is 6.36. The van der Waals surface area contributed by atoms with Crippen molar-refractivity contribution in [2.45, 2.75) is 38.4 Å². The van der Waals surface area contributed by atoms with E-state index in [1.54, 1.807) is 30.6 Å². The molecule has 4 aromatic rings. The van der Waals surface area contributed by atoms with Crippen molar-refractivity contribution in [1.82, 2.24) is 19.4 Å². The summed E-state index contributed by atoms with van der Waals surface area (Å²) in [6, 6.07) is 10.4. The number of esters is 1. The number of alkyl halides is 2. The monoisotopic (exact) mass is 544 g/mol. The molecule has 204 valence electrons. The van der Waals surface area contributed by atoms with Gasteiger partial charge in [-0.15, -0.1) is 0 Å². The molecular formula is C30H26F2N4O4. The molecule has 0 bridgehead atoms. The van der Waals surface area contributed by atoms with Crippen LogP contribution >= 0.6 is 0 Å². The quantitative estimate of drug-likeness (QED) is 0.320. The summed E-state index contributed by atoms with van der Waals surface area (Å²) in [5, 5.41) is 10.8. The lowest BCUT2D eigenvalue weighted by molar-refractivity contribution is -0.145. The molecule has 0 saturated heterocycles. The Morgan fingerprint density at radius 3 is 2.67 bits per heavy atom. The van der Waals surface area contributed by atoms with Gasteiger partial charge in [0.05, 0.1) is 30.0 Å². The Bertz CT molecular complexity index is 1650. The molecule has 1 fully saturated rings. The summed E-state index contributed by atoms with van der Waals surface area (Å²) >= 11 is 0. The van der Waals surface area contributed by atoms with E-state index in [1.165, 1.54) is 6.07 Å². The number of ether oxygens (including phenoxy) is 2. The Morgan fingerprint density at radius 1 is 1.15 bits per heavy atom. The highest BCUT2D eigenvalue weighted by Crippen LogP contribution is 2.58. The second kappa shape index (κ2) is 9.48. The molecule has 1 saturated carbocycles. The van der Waals surface area contributed by atoms with Gasteiger partial charge in [-0.05, 0) is 55.4 Å². The van der Waals surface area contributed by atoms with E-state index < -0.39 is 12.7 Å². The van der Waals surface area contributed by atoms with E-state index in [-0.39, 0.29) is 35.4 Å². The number of aromatic nitrogens is 4. The van der Waals surface area contributed by atoms with E-state index in [1.807, 2.05) is 29.7 Å². The number of allylic oxidation sites excluding steroid dienone is 2. The van der Waals surface area contributed by atoms with E-state index in [9.17, 15) is 18.7 Å². The molecule has 3 aliphatic carbocycles. The van der Waals surface area contributed by atoms with Crippen LogP contribution in [0, 0.1) is 17.8 Å². The first kappa shape index (κ1) is 24.8. The van der Waals surface area contributed by atoms with E-state index in [2.05, 4.69) is 21.0 Å². The number of rotatable bonds is 7. The summed E-state index contributed by atoms with van der Waals surface area (Å²) in [6.07, 6.45) is 7.82. The summed E-state index contributed by atoms with van der Waals surface area (Å²) in [6.45, 7) is -0.740. The highest BCUT2D eigenvalue weighted by atomic mass is 19.3. The molecule has 0 radical (unpaired) electrons. The van der Waals surface area contributed by atoms with Crippen LogP contribution in [0.5, 0.6) is 5.75 Å². The molecule has 0 amide bonds. The Morgan fingerprint density at radius 2 is 1.95 bits per heavy atom. The van der Waals surface area contributed by atoms with Crippen LogP contribution in [0.1, 0.15) is 54.6 Å². The van der Waals surface area contributed by atoms with Gasteiger partial charge in [-0.2, -0.15) is 8.78 Å². The van der Waals surface area contributed by atoms with Crippen molar-refractivity contribution in [2.24, 2.45) is 17.8 Å². The van der Waals surface area contributed by atoms with Gasteiger partial charge >= 0.3 is 12.6 Å². The first-order valence-corrected chi connectivity index (χ1v) is 13.4. The summed E-state index contributed by atoms with van der Waals surface area (Å²) in [7, 11) is 0. The Labute approximate surface area is 228 Å². The summed E-state index contributed by atoms with van der Waals surface area (Å²) in [5.74, 6) is 0.702. The second-order valence-corrected chi connectivity index (χ2v) is 10.5. The molecule has 0 spiro atoms. The fourth-order valence-corrected chi connectivity index (χ4v) is 6.36. The first-order valence-electron chi connectivity index (χ1n) is 13.4. The molecule has 1 N–H and O–H groups in total. The largest absolute Gasteiger partial charge is 0.466 e. The third kappa shape index (κ3) is 4.05. The van der Waals surface area contributed by atoms with Crippen LogP contribution in [-0.2, 0) is 9.53 Å². The van der Waals surface area contributed by atoms with Gasteiger partial charge in [0, 0.05) is 41.2 Å². The number of pyridine rings is 1. The Hall–Kier alpha value is -4.18. The molecule has 3 aromatic heterocycles. The average molecular weight is 545 g/mol. The Kier molecular flexibility index (Phi) is 5.88. The van der Waals surface area contributed by atoms with Crippen molar-refractivity contribution in [3.8, 4) is 16.9 Å². The average Bonchev–Trinajstić information content (AvgIpc) is 3.24. The maximum Gasteiger partial charge on any atom is 0.387 e. The number of halogens is 2. The Balaban J connectivity index is 1.18. The van der Waals surface area contributed by atoms with Gasteiger partial charge in [0.25, 0.3) is 0 Å². The van der Waals surface area contributed by atoms with Gasteiger partial charge in [0.2, 0.25) is 0 Å². The van der Waals surface area contributed by atoms with Crippen molar-refractivity contribution < 1.29 is 28.2 Å². The number of hydrogen-bond acceptors (Lipinski definition) is 7. The van der Waals surface area contributed by atoms with Crippen LogP contribution < -0.4 is 4.74 Å². The van der Waals surface area contributed by atoms with E-state index in [0.29, 0.717) is 35.8 Å². The summed E-state index contributed by atoms with van der Waals surface area (Å²) in [5.41, 5.74) is 5.21. The van der Waals surface area contributed by atoms with Gasteiger partial charge < -0.3 is 19.0 Å². The number of nitrogens with zero attached hydrogens (tertiary/aromatic N) is 4. The lowest BCUT2D eigenvalue weighted by Crippen LogP contribution is -2.10. The van der Waals surface area contributed by atoms with Crippen molar-refractivity contribution in [1.29, 1.82) is 0 Å². The summed E-state index contributed by atoms with van der Waals surface area (Å²) < 4.78 is 38.1. The second-order valence-electron chi connectivity index (χ2n) is 10.5. The number of hydrogen-bond donors (Lipinski definition) is 1. The molecule has 0 aliphatic heterocycles. The number of aliphatic hydroxyl groups is 1. The van der Waals surface area contributed by atoms with Crippen LogP contribution in [0.2, 0.25) is 0 Å². The topological polar surface area (TPSA) is 98.8 Å². The van der Waals surface area contributed by atoms with Gasteiger partial charge in [0.1, 0.15) is 11.4 Å². The molecule has 0 unspecified atom stereocenters. The van der Waals surface area contributed by atoms with Crippen molar-refractivity contribution >= 4 is 17.2 Å². The molecule has 40 heavy (non-hydrogen) atoms. The predicted octanol–water partition coefficient (Wildman–Crippen LogP) is 5.17. The zero-order valence-corrected chi connectivity index (χ0v) is 21.6. The molecule has 3 aliphatic rings. The number of carbonyl (C=O) groups excluding carboxylic acids is 1. The van der Waals surface area contributed by atoms with E-state index >= 15 is 0 Å². The number of carbonyl (C=O) groups is 1. The smallest absolute Gasteiger partial charge is 0.387 e. The minimum Gasteiger partial charge on any atom is -0.466 e. The molecule has 5 atom stereocenters. The fraction of sp³-hybridized carbons (Fsp3) is 0.333. The molecular weight excluding hydrogens is 518 g/mol. The van der Waals surface area contributed by atoms with Crippen LogP contribution in [0.25, 0.3) is 22.3 Å². The maximum absolute atomic E-state index is 13.1. The molecule has 1 aromatic carbocycles. The highest BCUT2D eigenvalue weighted by molar-refractivity contribution is 5.81. The van der Waals surface area contributed by atoms with Crippen molar-refractivity contribution in [2.75, 3.05) is 6.61 Å². The third-order valence-electron chi connectivity index (χ3n) is 8.21. The zero-order chi connectivity index (χ0) is 27.5. The lowest BCUT2D eigenvalue weighted by Gasteiger charge is -2.17. The number of para-hydroxylation sites is 1. The number of benzene rings is 1. The highest BCUT2D eigenvalue weighted by Gasteiger charge is 2.57. The predicted molar refractivity (Wildman–Crippen MR) is 140 cm³/mol. The van der Waals surface area contributed by atoms with Crippen LogP contribution in [0.4, 0.5) is 8.78 Å². The van der Waals surface area contributed by atoms with Gasteiger partial charge in [-0.3, -0.25) is 4.79 Å². The number of aliphatic hydroxyl groups excluding tert-OH is 1. The minimum absolute atomic E-state index is 0.0390. The molecule has 8 nitrogen and oxygen atoms in total. The third-order valence-corrected chi connectivity index (χ3v) is 8.21. The van der Waals surface area contributed by atoms with Gasteiger partial charge in [-0.1, -0.05) is 24.3 Å². The molecule has 7 rings (SSSR count). The van der Waals surface area contributed by atoms with Gasteiger partial charge in [0.15, 0.2) is 5.82 Å². The maximum atomic E-state index is 13.1. The SMILES string of the molecule is CCOC(=O)[C@H]1[C@@H]2C=C(c3ncc(-c4ccc5nc6c(n5c4)[C@@H](c4ccccc4OC(F)F)C[C@H]6O)cn3)C[C@@H]21. The van der Waals surface area contributed by atoms with Crippen molar-refractivity contribution in [3.05, 3.63) is 83.8 Å². The van der Waals surface area contributed by atoms with E-state index in [4.69, 9.17) is 9.47 Å². The van der Waals surface area contributed by atoms with Crippen molar-refractivity contribution in [3.63, 3.8) is 0 Å². The lowest BCUT2D eigenvalue weighted by atomic mass is 9.95. The minimum atomic E-state index is -2.95.